The van der Waals surface area contributed by atoms with E-state index in [1.807, 2.05) is 18.2 Å². The number of anilines is 2. The number of piperidine rings is 1. The summed E-state index contributed by atoms with van der Waals surface area (Å²) in [7, 11) is 3.05. The summed E-state index contributed by atoms with van der Waals surface area (Å²) in [5.41, 5.74) is 1.07. The molecule has 3 amide bonds. The number of likely N-dealkylation sites (tertiary alicyclic amines) is 1. The van der Waals surface area contributed by atoms with Crippen molar-refractivity contribution in [1.29, 1.82) is 0 Å². The maximum atomic E-state index is 13.4. The third-order valence-electron chi connectivity index (χ3n) is 5.77. The molecular weight excluding hydrogens is 442 g/mol. The zero-order chi connectivity index (χ0) is 23.4. The average Bonchev–Trinajstić information content (AvgIpc) is 2.85. The van der Waals surface area contributed by atoms with Gasteiger partial charge in [0, 0.05) is 24.1 Å². The molecule has 0 aliphatic carbocycles. The summed E-state index contributed by atoms with van der Waals surface area (Å²) in [5.74, 6) is 0.0826. The van der Waals surface area contributed by atoms with Gasteiger partial charge in [-0.3, -0.25) is 14.4 Å². The number of nitrogens with zero attached hydrogens (tertiary/aromatic N) is 2. The third kappa shape index (κ3) is 4.93. The van der Waals surface area contributed by atoms with Crippen molar-refractivity contribution in [2.75, 3.05) is 44.1 Å². The molecule has 2 aromatic carbocycles. The van der Waals surface area contributed by atoms with Crippen LogP contribution in [0, 0.1) is 0 Å². The van der Waals surface area contributed by atoms with Gasteiger partial charge in [-0.2, -0.15) is 0 Å². The predicted molar refractivity (Wildman–Crippen MR) is 127 cm³/mol. The Kier molecular flexibility index (Phi) is 7.08. The molecule has 2 aliphatic rings. The lowest BCUT2D eigenvalue weighted by molar-refractivity contribution is -0.135. The summed E-state index contributed by atoms with van der Waals surface area (Å²) in [4.78, 5) is 43.5. The van der Waals surface area contributed by atoms with E-state index in [4.69, 9.17) is 9.47 Å². The molecule has 0 spiro atoms. The number of ether oxygens (including phenoxy) is 2. The van der Waals surface area contributed by atoms with Crippen LogP contribution in [0.4, 0.5) is 11.4 Å². The molecule has 0 saturated carbocycles. The maximum absolute atomic E-state index is 13.4. The Morgan fingerprint density at radius 3 is 2.55 bits per heavy atom. The van der Waals surface area contributed by atoms with E-state index in [2.05, 4.69) is 5.32 Å². The molecule has 0 bridgehead atoms. The maximum Gasteiger partial charge on any atom is 0.250 e. The van der Waals surface area contributed by atoms with Crippen LogP contribution in [0.25, 0.3) is 0 Å². The molecule has 8 nitrogen and oxygen atoms in total. The highest BCUT2D eigenvalue weighted by Crippen LogP contribution is 2.40. The second kappa shape index (κ2) is 10.2. The van der Waals surface area contributed by atoms with Crippen molar-refractivity contribution >= 4 is 40.9 Å². The lowest BCUT2D eigenvalue weighted by atomic mass is 10.1. The molecule has 9 heteroatoms. The number of nitrogens with one attached hydrogen (secondary N) is 1. The molecule has 4 rings (SSSR count). The van der Waals surface area contributed by atoms with Crippen LogP contribution in [0.15, 0.2) is 47.4 Å². The molecule has 2 aliphatic heterocycles. The molecule has 33 heavy (non-hydrogen) atoms. The zero-order valence-corrected chi connectivity index (χ0v) is 19.5. The van der Waals surface area contributed by atoms with Crippen LogP contribution in [0.1, 0.15) is 19.3 Å². The summed E-state index contributed by atoms with van der Waals surface area (Å²) in [6.45, 7) is 1.11. The normalized spacial score (nSPS) is 17.9. The van der Waals surface area contributed by atoms with Gasteiger partial charge in [0.25, 0.3) is 5.91 Å². The van der Waals surface area contributed by atoms with Gasteiger partial charge in [0.05, 0.1) is 25.6 Å². The molecule has 1 fully saturated rings. The lowest BCUT2D eigenvalue weighted by Crippen LogP contribution is -2.52. The second-order valence-electron chi connectivity index (χ2n) is 7.89. The van der Waals surface area contributed by atoms with E-state index >= 15 is 0 Å². The molecule has 0 aromatic heterocycles. The minimum absolute atomic E-state index is 0.181. The first kappa shape index (κ1) is 23.0. The summed E-state index contributed by atoms with van der Waals surface area (Å²) >= 11 is 1.26. The molecule has 1 N–H and O–H groups in total. The van der Waals surface area contributed by atoms with Gasteiger partial charge in [-0.15, -0.1) is 11.8 Å². The summed E-state index contributed by atoms with van der Waals surface area (Å²) in [6.07, 6.45) is 2.99. The number of hydrogen-bond donors (Lipinski definition) is 1. The number of para-hydroxylation sites is 1. The zero-order valence-electron chi connectivity index (χ0n) is 18.7. The minimum atomic E-state index is -0.892. The van der Waals surface area contributed by atoms with Crippen LogP contribution in [-0.2, 0) is 14.4 Å². The summed E-state index contributed by atoms with van der Waals surface area (Å²) in [6, 6.07) is 12.4. The van der Waals surface area contributed by atoms with Gasteiger partial charge in [-0.1, -0.05) is 12.1 Å². The second-order valence-corrected chi connectivity index (χ2v) is 9.04. The summed E-state index contributed by atoms with van der Waals surface area (Å²) < 4.78 is 10.6. The number of fused-ring (bicyclic) bond motifs is 1. The Balaban J connectivity index is 1.56. The number of benzene rings is 2. The fourth-order valence-corrected chi connectivity index (χ4v) is 5.25. The molecule has 2 aromatic rings. The molecule has 0 radical (unpaired) electrons. The number of carbonyl (C=O) groups is 3. The van der Waals surface area contributed by atoms with Crippen LogP contribution < -0.4 is 19.7 Å². The Morgan fingerprint density at radius 2 is 1.82 bits per heavy atom. The van der Waals surface area contributed by atoms with E-state index in [0.29, 0.717) is 36.0 Å². The van der Waals surface area contributed by atoms with Crippen molar-refractivity contribution < 1.29 is 23.9 Å². The van der Waals surface area contributed by atoms with Gasteiger partial charge in [0.2, 0.25) is 11.8 Å². The lowest BCUT2D eigenvalue weighted by Gasteiger charge is -2.36. The Bertz CT molecular complexity index is 1050. The number of rotatable bonds is 6. The van der Waals surface area contributed by atoms with Crippen LogP contribution in [-0.4, -0.2) is 61.7 Å². The smallest absolute Gasteiger partial charge is 0.250 e. The van der Waals surface area contributed by atoms with Gasteiger partial charge in [-0.05, 0) is 43.5 Å². The number of hydrogen-bond acceptors (Lipinski definition) is 6. The minimum Gasteiger partial charge on any atom is -0.497 e. The first-order valence-corrected chi connectivity index (χ1v) is 11.8. The first-order valence-electron chi connectivity index (χ1n) is 10.9. The van der Waals surface area contributed by atoms with E-state index in [9.17, 15) is 14.4 Å². The van der Waals surface area contributed by atoms with E-state index in [1.165, 1.54) is 30.9 Å². The van der Waals surface area contributed by atoms with Gasteiger partial charge >= 0.3 is 0 Å². The molecule has 2 heterocycles. The first-order chi connectivity index (χ1) is 16.0. The molecule has 1 atom stereocenters. The molecular formula is C24H27N3O5S. The SMILES string of the molecule is COc1ccc(OC)c(NC(=O)CN2C(=O)C(C(=O)N3CCCCC3)Sc3ccccc32)c1. The topological polar surface area (TPSA) is 88.2 Å². The molecule has 174 valence electrons. The number of methoxy groups -OCH3 is 2. The monoisotopic (exact) mass is 469 g/mol. The van der Waals surface area contributed by atoms with Gasteiger partial charge in [-0.25, -0.2) is 0 Å². The molecule has 1 unspecified atom stereocenters. The Morgan fingerprint density at radius 1 is 1.06 bits per heavy atom. The quantitative estimate of drug-likeness (QED) is 0.654. The van der Waals surface area contributed by atoms with E-state index in [-0.39, 0.29) is 18.4 Å². The third-order valence-corrected chi connectivity index (χ3v) is 7.00. The highest BCUT2D eigenvalue weighted by Gasteiger charge is 2.41. The van der Waals surface area contributed by atoms with Gasteiger partial charge < -0.3 is 24.6 Å². The van der Waals surface area contributed by atoms with Crippen molar-refractivity contribution in [2.45, 2.75) is 29.4 Å². The van der Waals surface area contributed by atoms with Crippen molar-refractivity contribution in [3.05, 3.63) is 42.5 Å². The number of carbonyl (C=O) groups excluding carboxylic acids is 3. The van der Waals surface area contributed by atoms with Crippen LogP contribution >= 0.6 is 11.8 Å². The van der Waals surface area contributed by atoms with Crippen LogP contribution in [0.3, 0.4) is 0 Å². The van der Waals surface area contributed by atoms with Crippen molar-refractivity contribution in [2.24, 2.45) is 0 Å². The van der Waals surface area contributed by atoms with E-state index in [1.54, 1.807) is 29.2 Å². The highest BCUT2D eigenvalue weighted by atomic mass is 32.2. The fourth-order valence-electron chi connectivity index (χ4n) is 4.06. The average molecular weight is 470 g/mol. The number of thioether (sulfide) groups is 1. The number of amides is 3. The van der Waals surface area contributed by atoms with Gasteiger partial charge in [0.1, 0.15) is 18.0 Å². The Labute approximate surface area is 197 Å². The van der Waals surface area contributed by atoms with E-state index in [0.717, 1.165) is 24.2 Å². The largest absolute Gasteiger partial charge is 0.497 e. The van der Waals surface area contributed by atoms with Crippen LogP contribution in [0.2, 0.25) is 0 Å². The van der Waals surface area contributed by atoms with Crippen molar-refractivity contribution in [3.63, 3.8) is 0 Å². The predicted octanol–water partition coefficient (Wildman–Crippen LogP) is 3.16. The Hall–Kier alpha value is -3.20. The standard InChI is InChI=1S/C24H27N3O5S/c1-31-16-10-11-19(32-2)17(14-16)25-21(28)15-27-18-8-4-5-9-20(18)33-22(24(27)30)23(29)26-12-6-3-7-13-26/h4-5,8-11,14,22H,3,6-7,12-13,15H2,1-2H3,(H,25,28). The van der Waals surface area contributed by atoms with Crippen LogP contribution in [0.5, 0.6) is 11.5 Å². The van der Waals surface area contributed by atoms with E-state index < -0.39 is 11.2 Å². The van der Waals surface area contributed by atoms with Crippen molar-refractivity contribution in [3.8, 4) is 11.5 Å². The molecule has 1 saturated heterocycles. The summed E-state index contributed by atoms with van der Waals surface area (Å²) in [5, 5.41) is 1.91. The van der Waals surface area contributed by atoms with Gasteiger partial charge in [0.15, 0.2) is 5.25 Å². The highest BCUT2D eigenvalue weighted by molar-refractivity contribution is 8.01. The van der Waals surface area contributed by atoms with Crippen molar-refractivity contribution in [1.82, 2.24) is 4.90 Å². The fraction of sp³-hybridized carbons (Fsp3) is 0.375.